The molecule has 1 atom stereocenters. The molecule has 0 radical (unpaired) electrons. The number of ether oxygens (including phenoxy) is 1. The van der Waals surface area contributed by atoms with Gasteiger partial charge < -0.3 is 10.5 Å². The molecule has 62 valence electrons. The largest absolute Gasteiger partial charge is 0.464 e. The van der Waals surface area contributed by atoms with E-state index >= 15 is 0 Å². The zero-order valence-corrected chi connectivity index (χ0v) is 6.85. The van der Waals surface area contributed by atoms with Gasteiger partial charge in [-0.25, -0.2) is 4.79 Å². The van der Waals surface area contributed by atoms with Crippen LogP contribution in [0.15, 0.2) is 5.10 Å². The molecule has 3 N–H and O–H groups in total. The van der Waals surface area contributed by atoms with Gasteiger partial charge >= 0.3 is 5.97 Å². The van der Waals surface area contributed by atoms with Crippen LogP contribution in [0.3, 0.4) is 0 Å². The molecule has 0 spiro atoms. The third-order valence-electron chi connectivity index (χ3n) is 1.03. The van der Waals surface area contributed by atoms with Gasteiger partial charge in [-0.1, -0.05) is 0 Å². The van der Waals surface area contributed by atoms with E-state index in [0.717, 1.165) is 11.8 Å². The van der Waals surface area contributed by atoms with Crippen molar-refractivity contribution in [1.29, 1.82) is 0 Å². The second-order valence-electron chi connectivity index (χ2n) is 1.83. The number of hydrogen-bond acceptors (Lipinski definition) is 6. The summed E-state index contributed by atoms with van der Waals surface area (Å²) in [6.07, 6.45) is 0. The number of carbonyl (C=O) groups excluding carboxylic acids is 1. The lowest BCUT2D eigenvalue weighted by molar-refractivity contribution is -0.142. The Labute approximate surface area is 68.3 Å². The first-order valence-electron chi connectivity index (χ1n) is 3.16. The summed E-state index contributed by atoms with van der Waals surface area (Å²) in [5.74, 6) is -0.332. The minimum atomic E-state index is -0.463. The van der Waals surface area contributed by atoms with E-state index in [-0.39, 0.29) is 5.97 Å². The number of nitrogens with one attached hydrogen (secondary N) is 1. The maximum absolute atomic E-state index is 11.0. The summed E-state index contributed by atoms with van der Waals surface area (Å²) in [6, 6.07) is 0. The number of nitrogens with zero attached hydrogens (tertiary/aromatic N) is 1. The first-order chi connectivity index (χ1) is 5.24. The zero-order valence-electron chi connectivity index (χ0n) is 6.03. The molecular weight excluding hydrogens is 166 g/mol. The minimum absolute atomic E-state index is 0.332. The summed E-state index contributed by atoms with van der Waals surface area (Å²) in [6.45, 7) is 2.12. The summed E-state index contributed by atoms with van der Waals surface area (Å²) < 4.78 is 4.72. The lowest BCUT2D eigenvalue weighted by Crippen LogP contribution is -2.28. The molecule has 0 aliphatic carbocycles. The topological polar surface area (TPSA) is 76.7 Å². The minimum Gasteiger partial charge on any atom is -0.464 e. The van der Waals surface area contributed by atoms with Crippen molar-refractivity contribution in [2.24, 2.45) is 10.8 Å². The molecule has 0 saturated carbocycles. The van der Waals surface area contributed by atoms with Crippen LogP contribution in [0, 0.1) is 0 Å². The molecule has 11 heavy (non-hydrogen) atoms. The van der Waals surface area contributed by atoms with E-state index in [9.17, 15) is 4.79 Å². The van der Waals surface area contributed by atoms with Gasteiger partial charge in [0.15, 0.2) is 10.5 Å². The predicted molar refractivity (Wildman–Crippen MR) is 42.8 cm³/mol. The van der Waals surface area contributed by atoms with Crippen molar-refractivity contribution in [2.45, 2.75) is 12.3 Å². The van der Waals surface area contributed by atoms with Crippen LogP contribution in [0.5, 0.6) is 0 Å². The predicted octanol–water partition coefficient (Wildman–Crippen LogP) is -0.558. The van der Waals surface area contributed by atoms with Gasteiger partial charge in [-0.2, -0.15) is 5.10 Å². The van der Waals surface area contributed by atoms with Crippen molar-refractivity contribution >= 4 is 22.9 Å². The SMILES string of the molecule is CCOC(=O)[C@H]1NN=C(N)S1. The summed E-state index contributed by atoms with van der Waals surface area (Å²) in [4.78, 5) is 11.0. The van der Waals surface area contributed by atoms with Crippen LogP contribution in [0.1, 0.15) is 6.92 Å². The van der Waals surface area contributed by atoms with Gasteiger partial charge in [0, 0.05) is 0 Å². The van der Waals surface area contributed by atoms with Gasteiger partial charge in [-0.3, -0.25) is 5.43 Å². The first-order valence-corrected chi connectivity index (χ1v) is 4.04. The van der Waals surface area contributed by atoms with Crippen molar-refractivity contribution in [2.75, 3.05) is 6.61 Å². The molecular formula is C5H9N3O2S. The molecule has 0 saturated heterocycles. The number of rotatable bonds is 2. The molecule has 5 nitrogen and oxygen atoms in total. The summed E-state index contributed by atoms with van der Waals surface area (Å²) in [7, 11) is 0. The average Bonchev–Trinajstić information content (AvgIpc) is 2.36. The fourth-order valence-corrected chi connectivity index (χ4v) is 1.23. The second kappa shape index (κ2) is 3.47. The molecule has 0 amide bonds. The molecule has 1 rings (SSSR count). The summed E-state index contributed by atoms with van der Waals surface area (Å²) in [5.41, 5.74) is 7.84. The highest BCUT2D eigenvalue weighted by atomic mass is 32.2. The third kappa shape index (κ3) is 2.01. The highest BCUT2D eigenvalue weighted by Crippen LogP contribution is 2.14. The van der Waals surface area contributed by atoms with Gasteiger partial charge in [0.05, 0.1) is 6.61 Å². The molecule has 0 fully saturated rings. The maximum atomic E-state index is 11.0. The first kappa shape index (κ1) is 8.19. The molecule has 0 bridgehead atoms. The van der Waals surface area contributed by atoms with Crippen LogP contribution in [-0.2, 0) is 9.53 Å². The summed E-state index contributed by atoms with van der Waals surface area (Å²) >= 11 is 1.16. The molecule has 1 aliphatic rings. The van der Waals surface area contributed by atoms with Gasteiger partial charge in [-0.05, 0) is 18.7 Å². The standard InChI is InChI=1S/C5H9N3O2S/c1-2-10-4(9)3-7-8-5(6)11-3/h3,7H,2H2,1H3,(H2,6,8)/t3-/m0/s1. The molecule has 6 heteroatoms. The highest BCUT2D eigenvalue weighted by Gasteiger charge is 2.25. The Morgan fingerprint density at radius 3 is 3.18 bits per heavy atom. The second-order valence-corrected chi connectivity index (χ2v) is 2.95. The van der Waals surface area contributed by atoms with Crippen LogP contribution in [0.4, 0.5) is 0 Å². The lowest BCUT2D eigenvalue weighted by Gasteiger charge is -2.06. The van der Waals surface area contributed by atoms with Crippen molar-refractivity contribution in [3.63, 3.8) is 0 Å². The van der Waals surface area contributed by atoms with E-state index in [2.05, 4.69) is 10.5 Å². The number of thioether (sulfide) groups is 1. The zero-order chi connectivity index (χ0) is 8.27. The fraction of sp³-hybridized carbons (Fsp3) is 0.600. The van der Waals surface area contributed by atoms with Crippen molar-refractivity contribution in [3.05, 3.63) is 0 Å². The van der Waals surface area contributed by atoms with E-state index < -0.39 is 5.37 Å². The van der Waals surface area contributed by atoms with Gasteiger partial charge in [-0.15, -0.1) is 0 Å². The molecule has 0 aromatic rings. The van der Waals surface area contributed by atoms with Crippen molar-refractivity contribution in [3.8, 4) is 0 Å². The van der Waals surface area contributed by atoms with Gasteiger partial charge in [0.25, 0.3) is 0 Å². The Morgan fingerprint density at radius 1 is 2.00 bits per heavy atom. The van der Waals surface area contributed by atoms with E-state index in [4.69, 9.17) is 10.5 Å². The van der Waals surface area contributed by atoms with Crippen LogP contribution in [0.25, 0.3) is 0 Å². The Bertz CT molecular complexity index is 194. The van der Waals surface area contributed by atoms with Gasteiger partial charge in [0.1, 0.15) is 0 Å². The number of carbonyl (C=O) groups is 1. The maximum Gasteiger partial charge on any atom is 0.341 e. The number of hydrogen-bond donors (Lipinski definition) is 2. The lowest BCUT2D eigenvalue weighted by atomic mass is 10.6. The third-order valence-corrected chi connectivity index (χ3v) is 1.90. The monoisotopic (exact) mass is 175 g/mol. The van der Waals surface area contributed by atoms with E-state index in [0.29, 0.717) is 11.8 Å². The van der Waals surface area contributed by atoms with Crippen LogP contribution in [-0.4, -0.2) is 23.1 Å². The Kier molecular flexibility index (Phi) is 2.58. The molecule has 0 aromatic carbocycles. The molecule has 0 aromatic heterocycles. The average molecular weight is 175 g/mol. The Balaban J connectivity index is 2.34. The van der Waals surface area contributed by atoms with Crippen LogP contribution < -0.4 is 11.2 Å². The van der Waals surface area contributed by atoms with Crippen molar-refractivity contribution in [1.82, 2.24) is 5.43 Å². The molecule has 1 aliphatic heterocycles. The van der Waals surface area contributed by atoms with Crippen LogP contribution in [0.2, 0.25) is 0 Å². The number of amidine groups is 1. The normalized spacial score (nSPS) is 22.3. The van der Waals surface area contributed by atoms with Crippen molar-refractivity contribution < 1.29 is 9.53 Å². The summed E-state index contributed by atoms with van der Waals surface area (Å²) in [5, 5.41) is 3.53. The fourth-order valence-electron chi connectivity index (χ4n) is 0.614. The van der Waals surface area contributed by atoms with Crippen LogP contribution >= 0.6 is 11.8 Å². The molecule has 0 unspecified atom stereocenters. The smallest absolute Gasteiger partial charge is 0.341 e. The number of nitrogens with two attached hydrogens (primary N) is 1. The molecule has 1 heterocycles. The highest BCUT2D eigenvalue weighted by molar-refractivity contribution is 8.15. The quantitative estimate of drug-likeness (QED) is 0.550. The van der Waals surface area contributed by atoms with E-state index in [1.807, 2.05) is 0 Å². The van der Waals surface area contributed by atoms with E-state index in [1.165, 1.54) is 0 Å². The number of hydrazone groups is 1. The Hall–Kier alpha value is -0.910. The van der Waals surface area contributed by atoms with E-state index in [1.54, 1.807) is 6.92 Å². The Morgan fingerprint density at radius 2 is 2.73 bits per heavy atom. The number of esters is 1. The van der Waals surface area contributed by atoms with Gasteiger partial charge in [0.2, 0.25) is 0 Å².